The molecule has 0 spiro atoms. The first-order valence-corrected chi connectivity index (χ1v) is 38.7. The number of nitrogens with zero attached hydrogens (tertiary/aromatic N) is 1. The predicted molar refractivity (Wildman–Crippen MR) is 371 cm³/mol. The van der Waals surface area contributed by atoms with Gasteiger partial charge in [0.25, 0.3) is 0 Å². The van der Waals surface area contributed by atoms with Crippen molar-refractivity contribution in [1.29, 1.82) is 0 Å². The number of aliphatic carboxylic acids is 2. The molecule has 552 valence electrons. The molecule has 6 rings (SSSR count). The fourth-order valence-electron chi connectivity index (χ4n) is 10.0. The summed E-state index contributed by atoms with van der Waals surface area (Å²) >= 11 is 0. The van der Waals surface area contributed by atoms with E-state index in [1.54, 1.807) is 0 Å². The van der Waals surface area contributed by atoms with E-state index in [1.165, 1.54) is 55.5 Å². The molecule has 4 aliphatic rings. The average molecular weight is 1530 g/mol. The summed E-state index contributed by atoms with van der Waals surface area (Å²) in [6.45, 7) is 1.18. The third-order valence-corrected chi connectivity index (χ3v) is 22.9. The Morgan fingerprint density at radius 1 is 0.574 bits per heavy atom. The van der Waals surface area contributed by atoms with Gasteiger partial charge in [-0.2, -0.15) is 0 Å². The molecular weight excluding hydrogens is 1450 g/mol. The number of phenols is 2. The molecule has 0 aliphatic carbocycles. The minimum Gasteiger partial charge on any atom is -0.508 e. The van der Waals surface area contributed by atoms with Crippen LogP contribution in [-0.2, 0) is 89.6 Å². The number of primary amides is 1. The lowest BCUT2D eigenvalue weighted by molar-refractivity contribution is -0.143. The van der Waals surface area contributed by atoms with Crippen LogP contribution in [0.15, 0.2) is 48.5 Å². The summed E-state index contributed by atoms with van der Waals surface area (Å²) in [4.78, 5) is 227. The molecule has 101 heavy (non-hydrogen) atoms. The van der Waals surface area contributed by atoms with Gasteiger partial charge in [0.15, 0.2) is 0 Å². The molecule has 0 aromatic heterocycles. The molecule has 14 amide bonds. The zero-order valence-corrected chi connectivity index (χ0v) is 59.0. The maximum atomic E-state index is 15.1. The standard InChI is InChI=1S/C59H79N15O21S6/c1-26-47(82)69-41-25-101-99-22-38-52(87)65-33(13-14-45(80)81)49(84)66-34(16-28-5-9-30(76)10-6-28)50(85)71-40(54(89)72-39(23-97-96-20-32(60)48(83)70-38)53(88)67-35(18-43(61)78)58(93)74-15-3-4-42(74)56(91)63-26)24-100-98-21-37(64-44(79)19-62-57(92)46(27(2)75)73-55(41)90)51(86)68-36(59(94)95)17-29-7-11-31(77)12-8-29/h5-12,26-27,32-42,46,75-77H,3-4,13-25,60H2,1-2H3,(H2,61,78)(H,62,92)(H,63,91)(H,64,79)(H,65,87)(H,66,84)(H,67,88)(H,68,86)(H,69,82)(H,70,83)(H,71,85)(H,72,89)(H,73,90)(H,80,81)(H,94,95)/t26-,27-,32-,33+,34+,35+,36+,37+,38-,39-,40+,41-,42+,46+/m1/s1. The van der Waals surface area contributed by atoms with Crippen LogP contribution < -0.4 is 75.3 Å². The van der Waals surface area contributed by atoms with Crippen LogP contribution in [0.25, 0.3) is 0 Å². The summed E-state index contributed by atoms with van der Waals surface area (Å²) in [5.41, 5.74) is 12.6. The molecule has 4 bridgehead atoms. The molecule has 36 nitrogen and oxygen atoms in total. The summed E-state index contributed by atoms with van der Waals surface area (Å²) in [6, 6.07) is -11.7. The zero-order chi connectivity index (χ0) is 74.2. The van der Waals surface area contributed by atoms with Gasteiger partial charge in [0.05, 0.1) is 25.1 Å². The van der Waals surface area contributed by atoms with Crippen molar-refractivity contribution in [3.05, 3.63) is 59.7 Å². The van der Waals surface area contributed by atoms with Crippen molar-refractivity contribution in [3.63, 3.8) is 0 Å². The summed E-state index contributed by atoms with van der Waals surface area (Å²) in [7, 11) is 4.74. The van der Waals surface area contributed by atoms with Gasteiger partial charge in [0.1, 0.15) is 84.0 Å². The van der Waals surface area contributed by atoms with Crippen molar-refractivity contribution in [2.45, 2.75) is 143 Å². The number of nitrogens with one attached hydrogen (secondary N) is 12. The smallest absolute Gasteiger partial charge is 0.326 e. The number of fused-ring (bicyclic) bond motifs is 20. The number of phenolic OH excluding ortho intramolecular Hbond substituents is 2. The molecule has 4 aliphatic heterocycles. The third-order valence-electron chi connectivity index (χ3n) is 15.6. The molecular formula is C59H79N15O21S6. The first-order chi connectivity index (χ1) is 47.9. The maximum absolute atomic E-state index is 15.1. The number of aromatic hydroxyl groups is 2. The predicted octanol–water partition coefficient (Wildman–Crippen LogP) is -5.94. The molecule has 4 fully saturated rings. The van der Waals surface area contributed by atoms with Crippen LogP contribution in [0.5, 0.6) is 11.5 Å². The number of hydrogen-bond acceptors (Lipinski definition) is 26. The van der Waals surface area contributed by atoms with Gasteiger partial charge in [-0.3, -0.25) is 71.9 Å². The van der Waals surface area contributed by atoms with Gasteiger partial charge < -0.3 is 106 Å². The fraction of sp³-hybridized carbons (Fsp3) is 0.525. The van der Waals surface area contributed by atoms with Crippen LogP contribution in [0.3, 0.4) is 0 Å². The Bertz CT molecular complexity index is 3400. The molecule has 21 N–H and O–H groups in total. The number of carbonyl (C=O) groups is 16. The van der Waals surface area contributed by atoms with E-state index < -0.39 is 240 Å². The first-order valence-electron chi connectivity index (χ1n) is 31.2. The summed E-state index contributed by atoms with van der Waals surface area (Å²) in [5, 5.41) is 80.4. The number of hydrogen-bond donors (Lipinski definition) is 19. The Labute approximate surface area is 600 Å². The van der Waals surface area contributed by atoms with E-state index >= 15 is 9.59 Å². The van der Waals surface area contributed by atoms with E-state index in [1.807, 2.05) is 0 Å². The van der Waals surface area contributed by atoms with Crippen LogP contribution in [0.4, 0.5) is 0 Å². The zero-order valence-electron chi connectivity index (χ0n) is 54.1. The lowest BCUT2D eigenvalue weighted by atomic mass is 10.0. The van der Waals surface area contributed by atoms with E-state index in [-0.39, 0.29) is 48.6 Å². The Hall–Kier alpha value is -8.42. The summed E-state index contributed by atoms with van der Waals surface area (Å²) in [5.74, 6) is -21.7. The molecule has 4 heterocycles. The second-order valence-corrected chi connectivity index (χ2v) is 31.1. The van der Waals surface area contributed by atoms with Crippen molar-refractivity contribution in [2.75, 3.05) is 47.6 Å². The Morgan fingerprint density at radius 2 is 1.06 bits per heavy atom. The van der Waals surface area contributed by atoms with Crippen LogP contribution in [0.2, 0.25) is 0 Å². The number of carboxylic acid groups (broad SMARTS) is 2. The number of aliphatic hydroxyl groups excluding tert-OH is 1. The fourth-order valence-corrected chi connectivity index (χ4v) is 17.0. The molecule has 2 aromatic rings. The molecule has 0 saturated carbocycles. The Balaban J connectivity index is 1.56. The lowest BCUT2D eigenvalue weighted by Crippen LogP contribution is -2.61. The molecule has 0 radical (unpaired) electrons. The van der Waals surface area contributed by atoms with E-state index in [0.717, 1.165) is 76.6 Å². The van der Waals surface area contributed by atoms with Gasteiger partial charge in [-0.25, -0.2) is 4.79 Å². The van der Waals surface area contributed by atoms with Crippen molar-refractivity contribution in [1.82, 2.24) is 68.7 Å². The highest BCUT2D eigenvalue weighted by molar-refractivity contribution is 8.77. The minimum absolute atomic E-state index is 0.00937. The van der Waals surface area contributed by atoms with Crippen molar-refractivity contribution in [2.24, 2.45) is 11.5 Å². The van der Waals surface area contributed by atoms with Gasteiger partial charge in [-0.15, -0.1) is 0 Å². The molecule has 2 aromatic carbocycles. The van der Waals surface area contributed by atoms with Gasteiger partial charge in [-0.1, -0.05) is 89.0 Å². The number of aliphatic hydroxyl groups is 1. The number of carboxylic acids is 2. The number of nitrogens with two attached hydrogens (primary N) is 2. The maximum Gasteiger partial charge on any atom is 0.326 e. The topological polar surface area (TPSA) is 574 Å². The summed E-state index contributed by atoms with van der Waals surface area (Å²) in [6.07, 6.45) is -4.71. The Morgan fingerprint density at radius 3 is 1.61 bits per heavy atom. The molecule has 42 heteroatoms. The van der Waals surface area contributed by atoms with E-state index in [9.17, 15) is 92.7 Å². The van der Waals surface area contributed by atoms with E-state index in [2.05, 4.69) is 63.8 Å². The van der Waals surface area contributed by atoms with Crippen LogP contribution >= 0.6 is 64.8 Å². The van der Waals surface area contributed by atoms with E-state index in [0.29, 0.717) is 5.56 Å². The monoisotopic (exact) mass is 1530 g/mol. The number of carbonyl (C=O) groups excluding carboxylic acids is 14. The first kappa shape index (κ1) is 81.5. The van der Waals surface area contributed by atoms with Crippen LogP contribution in [0, 0.1) is 0 Å². The average Bonchev–Trinajstić information content (AvgIpc) is 1.75. The second kappa shape index (κ2) is 39.7. The third kappa shape index (κ3) is 25.9. The molecule has 14 atom stereocenters. The van der Waals surface area contributed by atoms with Gasteiger partial charge in [0.2, 0.25) is 82.7 Å². The van der Waals surface area contributed by atoms with Crippen molar-refractivity contribution >= 4 is 159 Å². The van der Waals surface area contributed by atoms with Crippen molar-refractivity contribution < 1.29 is 102 Å². The van der Waals surface area contributed by atoms with Crippen molar-refractivity contribution in [3.8, 4) is 11.5 Å². The van der Waals surface area contributed by atoms with Gasteiger partial charge in [-0.05, 0) is 68.5 Å². The second-order valence-electron chi connectivity index (χ2n) is 23.5. The highest BCUT2D eigenvalue weighted by atomic mass is 33.1. The van der Waals surface area contributed by atoms with Gasteiger partial charge in [0, 0.05) is 60.3 Å². The highest BCUT2D eigenvalue weighted by Crippen LogP contribution is 2.28. The largest absolute Gasteiger partial charge is 0.508 e. The van der Waals surface area contributed by atoms with Crippen LogP contribution in [0.1, 0.15) is 57.1 Å². The summed E-state index contributed by atoms with van der Waals surface area (Å²) < 4.78 is 0. The molecule has 0 unspecified atom stereocenters. The molecule has 4 saturated heterocycles. The highest BCUT2D eigenvalue weighted by Gasteiger charge is 2.42. The number of amides is 14. The number of benzene rings is 2. The lowest BCUT2D eigenvalue weighted by Gasteiger charge is -2.30. The quantitative estimate of drug-likeness (QED) is 0.0656. The normalized spacial score (nSPS) is 27.3. The van der Waals surface area contributed by atoms with Crippen LogP contribution in [-0.4, -0.2) is 257 Å². The SMILES string of the molecule is C[C@H]1NC(=O)[C@@H]2CCCN2C(=O)[C@H](CC(N)=O)NC(=O)[C@H]2CSSC[C@@H](N)C(=O)N[C@@H]3CSSC[C@@H](NC1=O)C(=O)N[C@@H]([C@@H](C)O)C(=O)NCC(=O)N[C@H](C(=O)N[C@@H](Cc1ccc(O)cc1)C(=O)O)CSSC[C@H](NC(=O)[C@H](Cc1ccc(O)cc1)NC(=O)[C@H](CCC(=O)O)NC3=O)C(=O)N2. The van der Waals surface area contributed by atoms with Gasteiger partial charge >= 0.3 is 11.9 Å². The van der Waals surface area contributed by atoms with E-state index in [4.69, 9.17) is 11.5 Å². The minimum atomic E-state index is -1.93. The number of rotatable bonds is 13. The Kier molecular flexibility index (Phi) is 32.1.